The number of nitrogens with one attached hydrogen (secondary N) is 1. The van der Waals surface area contributed by atoms with E-state index < -0.39 is 0 Å². The minimum absolute atomic E-state index is 0.943. The second-order valence-electron chi connectivity index (χ2n) is 4.33. The molecule has 0 aliphatic rings. The minimum atomic E-state index is 0.943. The lowest BCUT2D eigenvalue weighted by Crippen LogP contribution is -2.09. The van der Waals surface area contributed by atoms with Crippen LogP contribution < -0.4 is 5.32 Å². The molecule has 96 valence electrons. The molecule has 0 spiro atoms. The van der Waals surface area contributed by atoms with Crippen molar-refractivity contribution >= 4 is 5.95 Å². The van der Waals surface area contributed by atoms with E-state index >= 15 is 0 Å². The van der Waals surface area contributed by atoms with Crippen LogP contribution in [0.15, 0.2) is 36.9 Å². The van der Waals surface area contributed by atoms with Crippen molar-refractivity contribution in [3.05, 3.63) is 42.5 Å². The van der Waals surface area contributed by atoms with Crippen molar-refractivity contribution < 1.29 is 0 Å². The maximum atomic E-state index is 4.34. The fourth-order valence-electron chi connectivity index (χ4n) is 1.83. The summed E-state index contributed by atoms with van der Waals surface area (Å²) in [6.45, 7) is 4.12. The molecule has 2 heterocycles. The standard InChI is InChI=1S/C14H20N4/c1-2-3-7-16-14-17-10-12-18(14)11-6-13-4-8-15-9-5-13/h4-5,8-10,12H,2-3,6-7,11H2,1H3,(H,16,17). The monoisotopic (exact) mass is 244 g/mol. The molecule has 0 fully saturated rings. The molecule has 18 heavy (non-hydrogen) atoms. The first-order valence-electron chi connectivity index (χ1n) is 6.54. The van der Waals surface area contributed by atoms with Gasteiger partial charge in [0.1, 0.15) is 0 Å². The first kappa shape index (κ1) is 12.6. The van der Waals surface area contributed by atoms with Gasteiger partial charge in [-0.3, -0.25) is 4.98 Å². The van der Waals surface area contributed by atoms with E-state index in [9.17, 15) is 0 Å². The Morgan fingerprint density at radius 2 is 2.06 bits per heavy atom. The molecule has 2 rings (SSSR count). The lowest BCUT2D eigenvalue weighted by atomic mass is 10.2. The maximum absolute atomic E-state index is 4.34. The highest BCUT2D eigenvalue weighted by Gasteiger charge is 2.01. The Hall–Kier alpha value is -1.84. The molecule has 2 aromatic rings. The van der Waals surface area contributed by atoms with E-state index in [1.165, 1.54) is 18.4 Å². The summed E-state index contributed by atoms with van der Waals surface area (Å²) >= 11 is 0. The second kappa shape index (κ2) is 6.79. The van der Waals surface area contributed by atoms with Crippen LogP contribution in [0, 0.1) is 0 Å². The van der Waals surface area contributed by atoms with Gasteiger partial charge in [0, 0.05) is 37.9 Å². The van der Waals surface area contributed by atoms with Crippen molar-refractivity contribution in [2.75, 3.05) is 11.9 Å². The largest absolute Gasteiger partial charge is 0.356 e. The summed E-state index contributed by atoms with van der Waals surface area (Å²) in [7, 11) is 0. The van der Waals surface area contributed by atoms with Crippen LogP contribution in [-0.2, 0) is 13.0 Å². The smallest absolute Gasteiger partial charge is 0.202 e. The molecule has 0 aliphatic carbocycles. The van der Waals surface area contributed by atoms with Gasteiger partial charge >= 0.3 is 0 Å². The van der Waals surface area contributed by atoms with Crippen molar-refractivity contribution in [1.29, 1.82) is 0 Å². The van der Waals surface area contributed by atoms with Crippen LogP contribution in [0.1, 0.15) is 25.3 Å². The average Bonchev–Trinajstić information content (AvgIpc) is 2.86. The highest BCUT2D eigenvalue weighted by molar-refractivity contribution is 5.25. The Morgan fingerprint density at radius 3 is 2.83 bits per heavy atom. The van der Waals surface area contributed by atoms with E-state index in [1.807, 2.05) is 24.8 Å². The van der Waals surface area contributed by atoms with Crippen molar-refractivity contribution in [3.8, 4) is 0 Å². The molecule has 2 aromatic heterocycles. The molecular weight excluding hydrogens is 224 g/mol. The number of unbranched alkanes of at least 4 members (excludes halogenated alkanes) is 1. The molecule has 0 saturated carbocycles. The summed E-state index contributed by atoms with van der Waals surface area (Å²) in [5.74, 6) is 0.970. The molecule has 0 saturated heterocycles. The summed E-state index contributed by atoms with van der Waals surface area (Å²) in [5.41, 5.74) is 1.30. The Kier molecular flexibility index (Phi) is 4.76. The van der Waals surface area contributed by atoms with Crippen LogP contribution >= 0.6 is 0 Å². The third-order valence-corrected chi connectivity index (χ3v) is 2.92. The number of rotatable bonds is 7. The van der Waals surface area contributed by atoms with E-state index in [-0.39, 0.29) is 0 Å². The SMILES string of the molecule is CCCCNc1nccn1CCc1ccncc1. The molecule has 0 amide bonds. The Labute approximate surface area is 108 Å². The predicted octanol–water partition coefficient (Wildman–Crippen LogP) is 2.73. The molecular formula is C14H20N4. The zero-order chi connectivity index (χ0) is 12.6. The van der Waals surface area contributed by atoms with Crippen molar-refractivity contribution in [2.24, 2.45) is 0 Å². The molecule has 0 atom stereocenters. The van der Waals surface area contributed by atoms with Crippen LogP contribution in [0.3, 0.4) is 0 Å². The van der Waals surface area contributed by atoms with Gasteiger partial charge in [-0.1, -0.05) is 13.3 Å². The molecule has 0 bridgehead atoms. The molecule has 0 unspecified atom stereocenters. The van der Waals surface area contributed by atoms with Gasteiger partial charge in [-0.25, -0.2) is 4.98 Å². The van der Waals surface area contributed by atoms with Gasteiger partial charge in [-0.2, -0.15) is 0 Å². The van der Waals surface area contributed by atoms with Crippen LogP contribution in [0.4, 0.5) is 5.95 Å². The highest BCUT2D eigenvalue weighted by Crippen LogP contribution is 2.07. The summed E-state index contributed by atoms with van der Waals surface area (Å²) < 4.78 is 2.16. The van der Waals surface area contributed by atoms with Gasteiger partial charge in [0.25, 0.3) is 0 Å². The minimum Gasteiger partial charge on any atom is -0.356 e. The van der Waals surface area contributed by atoms with Crippen LogP contribution in [0.5, 0.6) is 0 Å². The average molecular weight is 244 g/mol. The second-order valence-corrected chi connectivity index (χ2v) is 4.33. The summed E-state index contributed by atoms with van der Waals surface area (Å²) in [5, 5.41) is 3.37. The van der Waals surface area contributed by atoms with E-state index in [1.54, 1.807) is 0 Å². The molecule has 4 heteroatoms. The van der Waals surface area contributed by atoms with Crippen molar-refractivity contribution in [2.45, 2.75) is 32.7 Å². The number of hydrogen-bond acceptors (Lipinski definition) is 3. The Bertz CT molecular complexity index is 450. The third kappa shape index (κ3) is 3.58. The summed E-state index contributed by atoms with van der Waals surface area (Å²) in [6.07, 6.45) is 10.9. The zero-order valence-corrected chi connectivity index (χ0v) is 10.8. The zero-order valence-electron chi connectivity index (χ0n) is 10.8. The number of aryl methyl sites for hydroxylation is 2. The predicted molar refractivity (Wildman–Crippen MR) is 73.6 cm³/mol. The van der Waals surface area contributed by atoms with Crippen molar-refractivity contribution in [1.82, 2.24) is 14.5 Å². The first-order valence-corrected chi connectivity index (χ1v) is 6.54. The fraction of sp³-hybridized carbons (Fsp3) is 0.429. The molecule has 1 N–H and O–H groups in total. The van der Waals surface area contributed by atoms with Crippen LogP contribution in [-0.4, -0.2) is 21.1 Å². The molecule has 4 nitrogen and oxygen atoms in total. The van der Waals surface area contributed by atoms with Gasteiger partial charge in [0.2, 0.25) is 5.95 Å². The quantitative estimate of drug-likeness (QED) is 0.761. The van der Waals surface area contributed by atoms with E-state index in [2.05, 4.69) is 38.9 Å². The lowest BCUT2D eigenvalue weighted by molar-refractivity contribution is 0.695. The number of pyridine rings is 1. The maximum Gasteiger partial charge on any atom is 0.202 e. The number of aromatic nitrogens is 3. The van der Waals surface area contributed by atoms with E-state index in [0.717, 1.165) is 25.5 Å². The van der Waals surface area contributed by atoms with Gasteiger partial charge < -0.3 is 9.88 Å². The van der Waals surface area contributed by atoms with Crippen LogP contribution in [0.25, 0.3) is 0 Å². The Morgan fingerprint density at radius 1 is 1.22 bits per heavy atom. The first-order chi connectivity index (χ1) is 8.90. The van der Waals surface area contributed by atoms with Gasteiger partial charge in [0.15, 0.2) is 0 Å². The fourth-order valence-corrected chi connectivity index (χ4v) is 1.83. The van der Waals surface area contributed by atoms with E-state index in [0.29, 0.717) is 0 Å². The molecule has 0 aromatic carbocycles. The molecule has 0 aliphatic heterocycles. The number of anilines is 1. The number of imidazole rings is 1. The number of hydrogen-bond donors (Lipinski definition) is 1. The van der Waals surface area contributed by atoms with Crippen molar-refractivity contribution in [3.63, 3.8) is 0 Å². The lowest BCUT2D eigenvalue weighted by Gasteiger charge is -2.09. The van der Waals surface area contributed by atoms with Gasteiger partial charge in [-0.05, 0) is 30.5 Å². The van der Waals surface area contributed by atoms with Gasteiger partial charge in [-0.15, -0.1) is 0 Å². The normalized spacial score (nSPS) is 10.5. The topological polar surface area (TPSA) is 42.7 Å². The molecule has 0 radical (unpaired) electrons. The Balaban J connectivity index is 1.87. The van der Waals surface area contributed by atoms with Crippen LogP contribution in [0.2, 0.25) is 0 Å². The highest BCUT2D eigenvalue weighted by atomic mass is 15.2. The van der Waals surface area contributed by atoms with E-state index in [4.69, 9.17) is 0 Å². The number of nitrogens with zero attached hydrogens (tertiary/aromatic N) is 3. The summed E-state index contributed by atoms with van der Waals surface area (Å²) in [4.78, 5) is 8.37. The van der Waals surface area contributed by atoms with Gasteiger partial charge in [0.05, 0.1) is 0 Å². The summed E-state index contributed by atoms with van der Waals surface area (Å²) in [6, 6.07) is 4.11. The third-order valence-electron chi connectivity index (χ3n) is 2.92.